The molecule has 0 aromatic carbocycles. The number of aromatic amines is 1. The standard InChI is InChI=1S/C10H16N6O2/c1-18-5-7(11)2-3-12-8-4-9-14-15-10(17)16(9)6-13-8/h4,6-7,12H,2-3,5,11H2,1H3,(H,15,17). The summed E-state index contributed by atoms with van der Waals surface area (Å²) in [4.78, 5) is 15.3. The lowest BCUT2D eigenvalue weighted by Crippen LogP contribution is -2.28. The monoisotopic (exact) mass is 252 g/mol. The highest BCUT2D eigenvalue weighted by Gasteiger charge is 2.04. The third-order valence-corrected chi connectivity index (χ3v) is 2.51. The van der Waals surface area contributed by atoms with Gasteiger partial charge in [0.15, 0.2) is 5.65 Å². The first-order valence-corrected chi connectivity index (χ1v) is 5.62. The first kappa shape index (κ1) is 12.5. The molecule has 0 saturated heterocycles. The van der Waals surface area contributed by atoms with Crippen LogP contribution in [0.4, 0.5) is 5.82 Å². The van der Waals surface area contributed by atoms with Crippen LogP contribution in [-0.2, 0) is 4.74 Å². The maximum absolute atomic E-state index is 11.2. The van der Waals surface area contributed by atoms with E-state index in [0.717, 1.165) is 6.42 Å². The van der Waals surface area contributed by atoms with Crippen LogP contribution in [0.5, 0.6) is 0 Å². The van der Waals surface area contributed by atoms with E-state index in [1.165, 1.54) is 10.7 Å². The van der Waals surface area contributed by atoms with Gasteiger partial charge in [-0.2, -0.15) is 5.10 Å². The van der Waals surface area contributed by atoms with Gasteiger partial charge in [0.25, 0.3) is 0 Å². The van der Waals surface area contributed by atoms with Crippen LogP contribution in [0.25, 0.3) is 5.65 Å². The number of hydrogen-bond donors (Lipinski definition) is 3. The number of ether oxygens (including phenoxy) is 1. The molecule has 0 aliphatic rings. The molecule has 2 rings (SSSR count). The van der Waals surface area contributed by atoms with Crippen molar-refractivity contribution in [3.8, 4) is 0 Å². The molecule has 8 nitrogen and oxygen atoms in total. The first-order chi connectivity index (χ1) is 8.70. The number of nitrogens with one attached hydrogen (secondary N) is 2. The number of nitrogens with zero attached hydrogens (tertiary/aromatic N) is 3. The summed E-state index contributed by atoms with van der Waals surface area (Å²) in [6.07, 6.45) is 2.20. The summed E-state index contributed by atoms with van der Waals surface area (Å²) in [5.41, 5.74) is 6.02. The molecule has 98 valence electrons. The summed E-state index contributed by atoms with van der Waals surface area (Å²) in [6, 6.07) is 1.69. The van der Waals surface area contributed by atoms with Crippen molar-refractivity contribution in [3.05, 3.63) is 22.9 Å². The van der Waals surface area contributed by atoms with Crippen LogP contribution < -0.4 is 16.7 Å². The zero-order valence-electron chi connectivity index (χ0n) is 10.1. The van der Waals surface area contributed by atoms with Gasteiger partial charge in [-0.1, -0.05) is 0 Å². The predicted octanol–water partition coefficient (Wildman–Crippen LogP) is -0.807. The lowest BCUT2D eigenvalue weighted by atomic mass is 10.2. The van der Waals surface area contributed by atoms with Crippen molar-refractivity contribution in [2.24, 2.45) is 5.73 Å². The second-order valence-corrected chi connectivity index (χ2v) is 3.96. The Labute approximate surface area is 103 Å². The quantitative estimate of drug-likeness (QED) is 0.620. The van der Waals surface area contributed by atoms with Crippen LogP contribution in [0.2, 0.25) is 0 Å². The molecule has 2 aromatic rings. The molecule has 0 bridgehead atoms. The van der Waals surface area contributed by atoms with E-state index >= 15 is 0 Å². The molecule has 1 unspecified atom stereocenters. The molecule has 8 heteroatoms. The van der Waals surface area contributed by atoms with Crippen LogP contribution >= 0.6 is 0 Å². The number of hydrogen-bond acceptors (Lipinski definition) is 6. The maximum atomic E-state index is 11.2. The van der Waals surface area contributed by atoms with Gasteiger partial charge in [0.05, 0.1) is 6.61 Å². The van der Waals surface area contributed by atoms with Gasteiger partial charge in [0.1, 0.15) is 12.1 Å². The Morgan fingerprint density at radius 3 is 3.28 bits per heavy atom. The van der Waals surface area contributed by atoms with E-state index < -0.39 is 0 Å². The second-order valence-electron chi connectivity index (χ2n) is 3.96. The zero-order valence-corrected chi connectivity index (χ0v) is 10.1. The molecule has 4 N–H and O–H groups in total. The van der Waals surface area contributed by atoms with Crippen LogP contribution in [0.1, 0.15) is 6.42 Å². The Morgan fingerprint density at radius 1 is 1.67 bits per heavy atom. The summed E-state index contributed by atoms with van der Waals surface area (Å²) < 4.78 is 6.28. The van der Waals surface area contributed by atoms with Crippen LogP contribution in [0.15, 0.2) is 17.2 Å². The summed E-state index contributed by atoms with van der Waals surface area (Å²) in [5.74, 6) is 0.658. The van der Waals surface area contributed by atoms with E-state index in [1.807, 2.05) is 0 Å². The minimum absolute atomic E-state index is 0.000709. The van der Waals surface area contributed by atoms with Gasteiger partial charge in [-0.05, 0) is 6.42 Å². The molecule has 0 amide bonds. The highest BCUT2D eigenvalue weighted by molar-refractivity contribution is 5.48. The Bertz CT molecular complexity index is 563. The number of H-pyrrole nitrogens is 1. The van der Waals surface area contributed by atoms with Gasteiger partial charge >= 0.3 is 5.69 Å². The SMILES string of the molecule is COCC(N)CCNc1cc2n[nH]c(=O)n2cn1. The Kier molecular flexibility index (Phi) is 3.90. The fourth-order valence-corrected chi connectivity index (χ4v) is 1.59. The van der Waals surface area contributed by atoms with Crippen LogP contribution in [0, 0.1) is 0 Å². The van der Waals surface area contributed by atoms with E-state index in [4.69, 9.17) is 10.5 Å². The van der Waals surface area contributed by atoms with E-state index in [2.05, 4.69) is 20.5 Å². The highest BCUT2D eigenvalue weighted by Crippen LogP contribution is 2.04. The third kappa shape index (κ3) is 2.84. The smallest absolute Gasteiger partial charge is 0.348 e. The van der Waals surface area contributed by atoms with Crippen molar-refractivity contribution in [1.29, 1.82) is 0 Å². The zero-order chi connectivity index (χ0) is 13.0. The van der Waals surface area contributed by atoms with Gasteiger partial charge in [0.2, 0.25) is 0 Å². The molecule has 0 saturated carbocycles. The van der Waals surface area contributed by atoms with Crippen molar-refractivity contribution < 1.29 is 4.74 Å². The summed E-state index contributed by atoms with van der Waals surface area (Å²) in [5, 5.41) is 9.32. The van der Waals surface area contributed by atoms with Crippen molar-refractivity contribution in [2.75, 3.05) is 25.6 Å². The van der Waals surface area contributed by atoms with E-state index in [0.29, 0.717) is 24.6 Å². The first-order valence-electron chi connectivity index (χ1n) is 5.62. The van der Waals surface area contributed by atoms with Crippen LogP contribution in [-0.4, -0.2) is 45.9 Å². The van der Waals surface area contributed by atoms with E-state index in [-0.39, 0.29) is 11.7 Å². The van der Waals surface area contributed by atoms with E-state index in [9.17, 15) is 4.79 Å². The fourth-order valence-electron chi connectivity index (χ4n) is 1.59. The van der Waals surface area contributed by atoms with Crippen molar-refractivity contribution in [1.82, 2.24) is 19.6 Å². The number of nitrogens with two attached hydrogens (primary N) is 1. The Balaban J connectivity index is 1.94. The van der Waals surface area contributed by atoms with Gasteiger partial charge in [-0.15, -0.1) is 0 Å². The van der Waals surface area contributed by atoms with Gasteiger partial charge in [-0.3, -0.25) is 0 Å². The molecular formula is C10H16N6O2. The average molecular weight is 252 g/mol. The largest absolute Gasteiger partial charge is 0.383 e. The average Bonchev–Trinajstić information content (AvgIpc) is 2.71. The minimum atomic E-state index is -0.300. The molecule has 2 aromatic heterocycles. The minimum Gasteiger partial charge on any atom is -0.383 e. The topological polar surface area (TPSA) is 110 Å². The van der Waals surface area contributed by atoms with Gasteiger partial charge < -0.3 is 15.8 Å². The van der Waals surface area contributed by atoms with E-state index in [1.54, 1.807) is 13.2 Å². The lowest BCUT2D eigenvalue weighted by Gasteiger charge is -2.11. The number of aromatic nitrogens is 4. The lowest BCUT2D eigenvalue weighted by molar-refractivity contribution is 0.178. The summed E-state index contributed by atoms with van der Waals surface area (Å²) >= 11 is 0. The normalized spacial score (nSPS) is 12.8. The molecule has 1 atom stereocenters. The van der Waals surface area contributed by atoms with Crippen LogP contribution in [0.3, 0.4) is 0 Å². The molecule has 18 heavy (non-hydrogen) atoms. The molecule has 2 heterocycles. The maximum Gasteiger partial charge on any atom is 0.348 e. The predicted molar refractivity (Wildman–Crippen MR) is 66.6 cm³/mol. The van der Waals surface area contributed by atoms with Gasteiger partial charge in [0, 0.05) is 25.8 Å². The van der Waals surface area contributed by atoms with Gasteiger partial charge in [-0.25, -0.2) is 19.3 Å². The highest BCUT2D eigenvalue weighted by atomic mass is 16.5. The molecule has 0 aliphatic heterocycles. The molecule has 0 spiro atoms. The van der Waals surface area contributed by atoms with Crippen molar-refractivity contribution in [3.63, 3.8) is 0 Å². The fraction of sp³-hybridized carbons (Fsp3) is 0.500. The second kappa shape index (κ2) is 5.61. The number of fused-ring (bicyclic) bond motifs is 1. The molecular weight excluding hydrogens is 236 g/mol. The molecule has 0 aliphatic carbocycles. The molecule has 0 radical (unpaired) electrons. The Morgan fingerprint density at radius 2 is 2.50 bits per heavy atom. The number of rotatable bonds is 6. The number of anilines is 1. The third-order valence-electron chi connectivity index (χ3n) is 2.51. The molecule has 0 fully saturated rings. The summed E-state index contributed by atoms with van der Waals surface area (Å²) in [6.45, 7) is 1.21. The van der Waals surface area contributed by atoms with Crippen molar-refractivity contribution in [2.45, 2.75) is 12.5 Å². The Hall–Kier alpha value is -1.93. The number of methoxy groups -OCH3 is 1. The van der Waals surface area contributed by atoms with Crippen molar-refractivity contribution >= 4 is 11.5 Å². The summed E-state index contributed by atoms with van der Waals surface area (Å²) in [7, 11) is 1.62.